The normalized spacial score (nSPS) is 20.5. The van der Waals surface area contributed by atoms with Crippen molar-refractivity contribution in [1.29, 1.82) is 0 Å². The Balaban J connectivity index is 2.35. The van der Waals surface area contributed by atoms with Crippen molar-refractivity contribution in [3.63, 3.8) is 0 Å². The lowest BCUT2D eigenvalue weighted by Crippen LogP contribution is -2.53. The van der Waals surface area contributed by atoms with Gasteiger partial charge in [-0.3, -0.25) is 4.90 Å². The summed E-state index contributed by atoms with van der Waals surface area (Å²) in [5, 5.41) is 0. The second-order valence-corrected chi connectivity index (χ2v) is 6.41. The van der Waals surface area contributed by atoms with E-state index in [1.54, 1.807) is 0 Å². The molecule has 2 nitrogen and oxygen atoms in total. The van der Waals surface area contributed by atoms with Gasteiger partial charge in [-0.25, -0.2) is 0 Å². The third kappa shape index (κ3) is 4.55. The third-order valence-electron chi connectivity index (χ3n) is 4.98. The maximum atomic E-state index is 6.07. The summed E-state index contributed by atoms with van der Waals surface area (Å²) in [5.74, 6) is 0. The van der Waals surface area contributed by atoms with Crippen molar-refractivity contribution in [1.82, 2.24) is 4.90 Å². The molecule has 0 spiro atoms. The van der Waals surface area contributed by atoms with Crippen LogP contribution in [0.3, 0.4) is 0 Å². The Labute approximate surface area is 114 Å². The fourth-order valence-electron chi connectivity index (χ4n) is 3.26. The Morgan fingerprint density at radius 3 is 2.28 bits per heavy atom. The van der Waals surface area contributed by atoms with E-state index in [-0.39, 0.29) is 5.54 Å². The highest BCUT2D eigenvalue weighted by Gasteiger charge is 2.33. The van der Waals surface area contributed by atoms with Crippen LogP contribution in [0.1, 0.15) is 78.1 Å². The standard InChI is InChI=1S/C16H34N2/c1-4-5-6-7-10-13-16(2,14-17)18(3)15-11-8-9-12-15/h15H,4-14,17H2,1-3H3. The van der Waals surface area contributed by atoms with E-state index in [0.717, 1.165) is 12.6 Å². The highest BCUT2D eigenvalue weighted by atomic mass is 15.2. The highest BCUT2D eigenvalue weighted by molar-refractivity contribution is 4.90. The Bertz CT molecular complexity index is 211. The molecule has 1 rings (SSSR count). The minimum atomic E-state index is 0.223. The molecule has 0 aromatic rings. The summed E-state index contributed by atoms with van der Waals surface area (Å²) < 4.78 is 0. The molecule has 2 N–H and O–H groups in total. The van der Waals surface area contributed by atoms with Crippen molar-refractivity contribution in [2.24, 2.45) is 5.73 Å². The quantitative estimate of drug-likeness (QED) is 0.632. The summed E-state index contributed by atoms with van der Waals surface area (Å²) >= 11 is 0. The smallest absolute Gasteiger partial charge is 0.0303 e. The van der Waals surface area contributed by atoms with Crippen LogP contribution in [0.4, 0.5) is 0 Å². The lowest BCUT2D eigenvalue weighted by Gasteiger charge is -2.42. The van der Waals surface area contributed by atoms with Gasteiger partial charge in [-0.05, 0) is 33.2 Å². The molecule has 0 radical (unpaired) electrons. The number of nitrogens with two attached hydrogens (primary N) is 1. The van der Waals surface area contributed by atoms with Gasteiger partial charge >= 0.3 is 0 Å². The van der Waals surface area contributed by atoms with Gasteiger partial charge in [0.05, 0.1) is 0 Å². The van der Waals surface area contributed by atoms with Crippen molar-refractivity contribution < 1.29 is 0 Å². The molecule has 1 aliphatic carbocycles. The predicted molar refractivity (Wildman–Crippen MR) is 80.9 cm³/mol. The van der Waals surface area contributed by atoms with Crippen LogP contribution in [0.2, 0.25) is 0 Å². The largest absolute Gasteiger partial charge is 0.329 e. The number of likely N-dealkylation sites (N-methyl/N-ethyl adjacent to an activating group) is 1. The number of rotatable bonds is 9. The summed E-state index contributed by atoms with van der Waals surface area (Å²) in [4.78, 5) is 2.60. The number of hydrogen-bond donors (Lipinski definition) is 1. The lowest BCUT2D eigenvalue weighted by atomic mass is 9.90. The highest BCUT2D eigenvalue weighted by Crippen LogP contribution is 2.30. The third-order valence-corrected chi connectivity index (χ3v) is 4.98. The van der Waals surface area contributed by atoms with E-state index < -0.39 is 0 Å². The van der Waals surface area contributed by atoms with E-state index >= 15 is 0 Å². The molecule has 108 valence electrons. The molecule has 0 bridgehead atoms. The van der Waals surface area contributed by atoms with Crippen LogP contribution in [0.5, 0.6) is 0 Å². The van der Waals surface area contributed by atoms with Crippen LogP contribution in [-0.4, -0.2) is 30.1 Å². The van der Waals surface area contributed by atoms with Crippen LogP contribution >= 0.6 is 0 Å². The maximum absolute atomic E-state index is 6.07. The first-order valence-corrected chi connectivity index (χ1v) is 8.07. The second kappa shape index (κ2) is 8.16. The summed E-state index contributed by atoms with van der Waals surface area (Å²) in [6, 6.07) is 0.786. The monoisotopic (exact) mass is 254 g/mol. The van der Waals surface area contributed by atoms with Crippen LogP contribution in [0.25, 0.3) is 0 Å². The fraction of sp³-hybridized carbons (Fsp3) is 1.00. The predicted octanol–water partition coefficient (Wildman–Crippen LogP) is 3.94. The molecule has 0 aromatic carbocycles. The van der Waals surface area contributed by atoms with E-state index in [9.17, 15) is 0 Å². The molecule has 1 atom stereocenters. The van der Waals surface area contributed by atoms with Gasteiger partial charge < -0.3 is 5.73 Å². The van der Waals surface area contributed by atoms with Crippen LogP contribution in [0, 0.1) is 0 Å². The first-order chi connectivity index (χ1) is 8.64. The van der Waals surface area contributed by atoms with E-state index in [1.807, 2.05) is 0 Å². The number of unbranched alkanes of at least 4 members (excludes halogenated alkanes) is 4. The second-order valence-electron chi connectivity index (χ2n) is 6.41. The van der Waals surface area contributed by atoms with Crippen molar-refractivity contribution >= 4 is 0 Å². The van der Waals surface area contributed by atoms with Crippen molar-refractivity contribution in [2.45, 2.75) is 89.6 Å². The van der Waals surface area contributed by atoms with E-state index in [0.29, 0.717) is 0 Å². The molecule has 0 aromatic heterocycles. The molecule has 2 heteroatoms. The molecule has 1 aliphatic rings. The van der Waals surface area contributed by atoms with Crippen LogP contribution < -0.4 is 5.73 Å². The molecule has 1 unspecified atom stereocenters. The van der Waals surface area contributed by atoms with Crippen molar-refractivity contribution in [3.8, 4) is 0 Å². The van der Waals surface area contributed by atoms with Gasteiger partial charge in [-0.15, -0.1) is 0 Å². The van der Waals surface area contributed by atoms with Gasteiger partial charge in [0, 0.05) is 18.1 Å². The van der Waals surface area contributed by atoms with Gasteiger partial charge in [0.1, 0.15) is 0 Å². The summed E-state index contributed by atoms with van der Waals surface area (Å²) in [6.45, 7) is 5.44. The number of hydrogen-bond acceptors (Lipinski definition) is 2. The van der Waals surface area contributed by atoms with Crippen LogP contribution in [-0.2, 0) is 0 Å². The molecule has 1 saturated carbocycles. The zero-order chi connectivity index (χ0) is 13.4. The SMILES string of the molecule is CCCCCCCC(C)(CN)N(C)C1CCCC1. The molecule has 18 heavy (non-hydrogen) atoms. The van der Waals surface area contributed by atoms with Crippen molar-refractivity contribution in [2.75, 3.05) is 13.6 Å². The molecular formula is C16H34N2. The van der Waals surface area contributed by atoms with E-state index in [2.05, 4.69) is 25.8 Å². The van der Waals surface area contributed by atoms with E-state index in [4.69, 9.17) is 5.73 Å². The first kappa shape index (κ1) is 16.0. The summed E-state index contributed by atoms with van der Waals surface area (Å²) in [5.41, 5.74) is 6.30. The molecule has 0 heterocycles. The van der Waals surface area contributed by atoms with Gasteiger partial charge in [-0.2, -0.15) is 0 Å². The minimum Gasteiger partial charge on any atom is -0.329 e. The molecule has 0 amide bonds. The minimum absolute atomic E-state index is 0.223. The zero-order valence-corrected chi connectivity index (χ0v) is 12.9. The lowest BCUT2D eigenvalue weighted by molar-refractivity contribution is 0.0838. The van der Waals surface area contributed by atoms with Gasteiger partial charge in [0.15, 0.2) is 0 Å². The topological polar surface area (TPSA) is 29.3 Å². The van der Waals surface area contributed by atoms with Gasteiger partial charge in [0.2, 0.25) is 0 Å². The average molecular weight is 254 g/mol. The Kier molecular flexibility index (Phi) is 7.25. The molecule has 0 saturated heterocycles. The Morgan fingerprint density at radius 2 is 1.72 bits per heavy atom. The Hall–Kier alpha value is -0.0800. The average Bonchev–Trinajstić information content (AvgIpc) is 2.91. The zero-order valence-electron chi connectivity index (χ0n) is 12.9. The molecular weight excluding hydrogens is 220 g/mol. The van der Waals surface area contributed by atoms with Crippen LogP contribution in [0.15, 0.2) is 0 Å². The van der Waals surface area contributed by atoms with Gasteiger partial charge in [0.25, 0.3) is 0 Å². The maximum Gasteiger partial charge on any atom is 0.0303 e. The van der Waals surface area contributed by atoms with Gasteiger partial charge in [-0.1, -0.05) is 51.9 Å². The molecule has 0 aliphatic heterocycles. The molecule has 1 fully saturated rings. The summed E-state index contributed by atoms with van der Waals surface area (Å²) in [6.07, 6.45) is 13.7. The fourth-order valence-corrected chi connectivity index (χ4v) is 3.26. The first-order valence-electron chi connectivity index (χ1n) is 8.07. The number of nitrogens with zero attached hydrogens (tertiary/aromatic N) is 1. The Morgan fingerprint density at radius 1 is 1.11 bits per heavy atom. The van der Waals surface area contributed by atoms with Crippen molar-refractivity contribution in [3.05, 3.63) is 0 Å². The van der Waals surface area contributed by atoms with E-state index in [1.165, 1.54) is 64.2 Å². The summed E-state index contributed by atoms with van der Waals surface area (Å²) in [7, 11) is 2.30.